The van der Waals surface area contributed by atoms with E-state index in [-0.39, 0.29) is 5.15 Å². The third-order valence-electron chi connectivity index (χ3n) is 3.05. The van der Waals surface area contributed by atoms with Crippen LogP contribution in [0, 0.1) is 0 Å². The number of methoxy groups -OCH3 is 1. The molecule has 20 heavy (non-hydrogen) atoms. The largest absolute Gasteiger partial charge is 0.465 e. The molecule has 0 radical (unpaired) electrons. The van der Waals surface area contributed by atoms with E-state index in [9.17, 15) is 4.79 Å². The fourth-order valence-corrected chi connectivity index (χ4v) is 2.66. The first-order valence-corrected chi connectivity index (χ1v) is 7.84. The number of nitrogens with zero attached hydrogens (tertiary/aromatic N) is 2. The zero-order valence-electron chi connectivity index (χ0n) is 12.4. The van der Waals surface area contributed by atoms with E-state index in [0.717, 1.165) is 25.9 Å². The van der Waals surface area contributed by atoms with Crippen LogP contribution in [0.15, 0.2) is 0 Å². The summed E-state index contributed by atoms with van der Waals surface area (Å²) in [6, 6.07) is 0.573. The smallest absolute Gasteiger partial charge is 0.351 e. The topological polar surface area (TPSA) is 54.5 Å². The SMILES string of the molecule is COC(=O)c1sc(NCCCCN(C)C(C)C)nc1Cl. The molecule has 0 saturated heterocycles. The summed E-state index contributed by atoms with van der Waals surface area (Å²) in [5, 5.41) is 4.04. The number of unbranched alkanes of at least 4 members (excludes halogenated alkanes) is 1. The molecule has 1 aromatic rings. The molecule has 114 valence electrons. The molecule has 0 amide bonds. The molecule has 1 heterocycles. The summed E-state index contributed by atoms with van der Waals surface area (Å²) in [5.41, 5.74) is 0. The van der Waals surface area contributed by atoms with Gasteiger partial charge in [-0.25, -0.2) is 9.78 Å². The minimum absolute atomic E-state index is 0.198. The van der Waals surface area contributed by atoms with Crippen LogP contribution < -0.4 is 5.32 Å². The molecule has 0 fully saturated rings. The predicted octanol–water partition coefficient (Wildman–Crippen LogP) is 3.12. The van der Waals surface area contributed by atoms with Gasteiger partial charge >= 0.3 is 5.97 Å². The number of hydrogen-bond acceptors (Lipinski definition) is 6. The van der Waals surface area contributed by atoms with Crippen molar-refractivity contribution in [2.45, 2.75) is 32.7 Å². The lowest BCUT2D eigenvalue weighted by Gasteiger charge is -2.20. The van der Waals surface area contributed by atoms with Crippen LogP contribution in [0.5, 0.6) is 0 Å². The van der Waals surface area contributed by atoms with Crippen LogP contribution in [0.25, 0.3) is 0 Å². The van der Waals surface area contributed by atoms with Crippen LogP contribution in [-0.2, 0) is 4.74 Å². The number of anilines is 1. The predicted molar refractivity (Wildman–Crippen MR) is 84.0 cm³/mol. The number of carbonyl (C=O) groups excluding carboxylic acids is 1. The molecule has 1 N–H and O–H groups in total. The van der Waals surface area contributed by atoms with Gasteiger partial charge in [0.05, 0.1) is 7.11 Å². The van der Waals surface area contributed by atoms with Gasteiger partial charge in [0, 0.05) is 12.6 Å². The van der Waals surface area contributed by atoms with Crippen molar-refractivity contribution >= 4 is 34.0 Å². The van der Waals surface area contributed by atoms with Crippen LogP contribution in [0.2, 0.25) is 5.15 Å². The van der Waals surface area contributed by atoms with Crippen LogP contribution in [0.1, 0.15) is 36.4 Å². The van der Waals surface area contributed by atoms with Crippen molar-refractivity contribution in [3.8, 4) is 0 Å². The summed E-state index contributed by atoms with van der Waals surface area (Å²) >= 11 is 7.11. The highest BCUT2D eigenvalue weighted by atomic mass is 35.5. The number of aromatic nitrogens is 1. The van der Waals surface area contributed by atoms with E-state index in [1.807, 2.05) is 0 Å². The quantitative estimate of drug-likeness (QED) is 0.589. The van der Waals surface area contributed by atoms with Gasteiger partial charge in [-0.05, 0) is 40.3 Å². The minimum atomic E-state index is -0.445. The van der Waals surface area contributed by atoms with Crippen molar-refractivity contribution in [1.29, 1.82) is 0 Å². The number of ether oxygens (including phenoxy) is 1. The van der Waals surface area contributed by atoms with Gasteiger partial charge in [-0.3, -0.25) is 0 Å². The molecule has 0 spiro atoms. The molecule has 1 aromatic heterocycles. The molecule has 0 aliphatic rings. The standard InChI is InChI=1S/C13H22ClN3O2S/c1-9(2)17(3)8-6-5-7-15-13-16-11(14)10(20-13)12(18)19-4/h9H,5-8H2,1-4H3,(H,15,16). The van der Waals surface area contributed by atoms with Crippen LogP contribution >= 0.6 is 22.9 Å². The number of rotatable bonds is 8. The van der Waals surface area contributed by atoms with Crippen LogP contribution in [-0.4, -0.2) is 49.1 Å². The Hall–Kier alpha value is -0.850. The number of nitrogens with one attached hydrogen (secondary N) is 1. The Morgan fingerprint density at radius 2 is 2.20 bits per heavy atom. The van der Waals surface area contributed by atoms with Gasteiger partial charge in [-0.15, -0.1) is 0 Å². The Bertz CT molecular complexity index is 437. The van der Waals surface area contributed by atoms with E-state index in [1.165, 1.54) is 18.4 Å². The second-order valence-corrected chi connectivity index (χ2v) is 6.20. The van der Waals surface area contributed by atoms with Crippen molar-refractivity contribution < 1.29 is 9.53 Å². The second kappa shape index (κ2) is 8.44. The maximum atomic E-state index is 11.4. The summed E-state index contributed by atoms with van der Waals surface area (Å²) in [4.78, 5) is 18.2. The van der Waals surface area contributed by atoms with E-state index in [0.29, 0.717) is 16.1 Å². The van der Waals surface area contributed by atoms with Gasteiger partial charge in [0.2, 0.25) is 0 Å². The van der Waals surface area contributed by atoms with Gasteiger partial charge < -0.3 is 15.0 Å². The second-order valence-electron chi connectivity index (χ2n) is 4.84. The van der Waals surface area contributed by atoms with Gasteiger partial charge in [-0.1, -0.05) is 22.9 Å². The molecular formula is C13H22ClN3O2S. The van der Waals surface area contributed by atoms with Gasteiger partial charge in [0.15, 0.2) is 15.2 Å². The number of thiazole rings is 1. The van der Waals surface area contributed by atoms with Crippen LogP contribution in [0.3, 0.4) is 0 Å². The summed E-state index contributed by atoms with van der Waals surface area (Å²) in [6.45, 7) is 6.26. The number of carbonyl (C=O) groups is 1. The Labute approximate surface area is 129 Å². The maximum Gasteiger partial charge on any atom is 0.351 e. The average Bonchev–Trinajstić information content (AvgIpc) is 2.78. The van der Waals surface area contributed by atoms with Crippen molar-refractivity contribution in [2.24, 2.45) is 0 Å². The first-order chi connectivity index (χ1) is 9.45. The van der Waals surface area contributed by atoms with E-state index in [4.69, 9.17) is 11.6 Å². The van der Waals surface area contributed by atoms with Crippen molar-refractivity contribution in [3.63, 3.8) is 0 Å². The fourth-order valence-electron chi connectivity index (χ4n) is 1.54. The van der Waals surface area contributed by atoms with Crippen LogP contribution in [0.4, 0.5) is 5.13 Å². The molecule has 1 rings (SSSR count). The lowest BCUT2D eigenvalue weighted by atomic mass is 10.2. The van der Waals surface area contributed by atoms with Gasteiger partial charge in [-0.2, -0.15) is 0 Å². The molecule has 0 aliphatic heterocycles. The highest BCUT2D eigenvalue weighted by Crippen LogP contribution is 2.27. The van der Waals surface area contributed by atoms with E-state index < -0.39 is 5.97 Å². The first kappa shape index (κ1) is 17.2. The Morgan fingerprint density at radius 1 is 1.50 bits per heavy atom. The minimum Gasteiger partial charge on any atom is -0.465 e. The highest BCUT2D eigenvalue weighted by molar-refractivity contribution is 7.18. The Kier molecular flexibility index (Phi) is 7.26. The summed E-state index contributed by atoms with van der Waals surface area (Å²) in [7, 11) is 3.46. The summed E-state index contributed by atoms with van der Waals surface area (Å²) < 4.78 is 4.64. The highest BCUT2D eigenvalue weighted by Gasteiger charge is 2.16. The lowest BCUT2D eigenvalue weighted by molar-refractivity contribution is 0.0606. The molecule has 5 nitrogen and oxygen atoms in total. The zero-order valence-corrected chi connectivity index (χ0v) is 14.0. The molecule has 0 aromatic carbocycles. The van der Waals surface area contributed by atoms with Gasteiger partial charge in [0.1, 0.15) is 0 Å². The number of hydrogen-bond donors (Lipinski definition) is 1. The third kappa shape index (κ3) is 5.26. The zero-order chi connectivity index (χ0) is 15.1. The Balaban J connectivity index is 2.31. The normalized spacial score (nSPS) is 11.2. The number of esters is 1. The molecular weight excluding hydrogens is 298 g/mol. The molecule has 0 atom stereocenters. The summed E-state index contributed by atoms with van der Waals surface area (Å²) in [5.74, 6) is -0.445. The van der Waals surface area contributed by atoms with E-state index in [1.54, 1.807) is 0 Å². The maximum absolute atomic E-state index is 11.4. The monoisotopic (exact) mass is 319 g/mol. The third-order valence-corrected chi connectivity index (χ3v) is 4.43. The molecule has 0 aliphatic carbocycles. The van der Waals surface area contributed by atoms with Crippen molar-refractivity contribution in [2.75, 3.05) is 32.6 Å². The molecule has 0 saturated carbocycles. The van der Waals surface area contributed by atoms with Crippen molar-refractivity contribution in [3.05, 3.63) is 10.0 Å². The Morgan fingerprint density at radius 3 is 2.80 bits per heavy atom. The fraction of sp³-hybridized carbons (Fsp3) is 0.692. The average molecular weight is 320 g/mol. The van der Waals surface area contributed by atoms with Gasteiger partial charge in [0.25, 0.3) is 0 Å². The molecule has 0 bridgehead atoms. The lowest BCUT2D eigenvalue weighted by Crippen LogP contribution is -2.27. The molecule has 0 unspecified atom stereocenters. The van der Waals surface area contributed by atoms with E-state index >= 15 is 0 Å². The summed E-state index contributed by atoms with van der Waals surface area (Å²) in [6.07, 6.45) is 2.16. The number of halogens is 1. The van der Waals surface area contributed by atoms with E-state index in [2.05, 4.69) is 40.8 Å². The first-order valence-electron chi connectivity index (χ1n) is 6.64. The molecule has 7 heteroatoms. The van der Waals surface area contributed by atoms with Crippen molar-refractivity contribution in [1.82, 2.24) is 9.88 Å².